The van der Waals surface area contributed by atoms with E-state index in [4.69, 9.17) is 16.3 Å². The van der Waals surface area contributed by atoms with E-state index in [2.05, 4.69) is 10.3 Å². The van der Waals surface area contributed by atoms with Gasteiger partial charge in [0.05, 0.1) is 12.1 Å². The van der Waals surface area contributed by atoms with Crippen LogP contribution in [0.5, 0.6) is 5.75 Å². The highest BCUT2D eigenvalue weighted by molar-refractivity contribution is 6.32. The zero-order chi connectivity index (χ0) is 14.7. The van der Waals surface area contributed by atoms with Crippen LogP contribution in [0.2, 0.25) is 5.02 Å². The van der Waals surface area contributed by atoms with Gasteiger partial charge in [0.15, 0.2) is 0 Å². The number of aromatic nitrogens is 2. The van der Waals surface area contributed by atoms with E-state index in [0.29, 0.717) is 10.8 Å². The van der Waals surface area contributed by atoms with Gasteiger partial charge >= 0.3 is 0 Å². The molecule has 0 aliphatic heterocycles. The SMILES string of the molecule is COc1ccc(Nc2nccn2-c2ccccc2)cc1Cl. The Morgan fingerprint density at radius 1 is 1.14 bits per heavy atom. The maximum absolute atomic E-state index is 6.13. The van der Waals surface area contributed by atoms with E-state index in [1.54, 1.807) is 13.3 Å². The number of halogens is 1. The van der Waals surface area contributed by atoms with Gasteiger partial charge < -0.3 is 10.1 Å². The van der Waals surface area contributed by atoms with Crippen molar-refractivity contribution >= 4 is 23.2 Å². The lowest BCUT2D eigenvalue weighted by molar-refractivity contribution is 0.415. The average Bonchev–Trinajstić information content (AvgIpc) is 2.96. The standard InChI is InChI=1S/C16H14ClN3O/c1-21-15-8-7-12(11-14(15)17)19-16-18-9-10-20(16)13-5-3-2-4-6-13/h2-11H,1H3,(H,18,19). The van der Waals surface area contributed by atoms with Gasteiger partial charge in [-0.3, -0.25) is 4.57 Å². The number of hydrogen-bond donors (Lipinski definition) is 1. The van der Waals surface area contributed by atoms with E-state index in [1.165, 1.54) is 0 Å². The molecule has 4 nitrogen and oxygen atoms in total. The second kappa shape index (κ2) is 5.89. The zero-order valence-electron chi connectivity index (χ0n) is 11.5. The molecular weight excluding hydrogens is 286 g/mol. The van der Waals surface area contributed by atoms with Crippen LogP contribution in [0.15, 0.2) is 60.9 Å². The Labute approximate surface area is 128 Å². The van der Waals surface area contributed by atoms with Gasteiger partial charge in [0.1, 0.15) is 5.75 Å². The molecule has 0 aliphatic carbocycles. The summed E-state index contributed by atoms with van der Waals surface area (Å²) < 4.78 is 7.12. The second-order valence-corrected chi connectivity index (χ2v) is 4.84. The second-order valence-electron chi connectivity index (χ2n) is 4.43. The molecule has 5 heteroatoms. The van der Waals surface area contributed by atoms with Crippen LogP contribution < -0.4 is 10.1 Å². The number of nitrogens with zero attached hydrogens (tertiary/aromatic N) is 2. The van der Waals surface area contributed by atoms with Gasteiger partial charge in [0.25, 0.3) is 0 Å². The summed E-state index contributed by atoms with van der Waals surface area (Å²) in [5.41, 5.74) is 1.89. The molecule has 106 valence electrons. The molecule has 0 amide bonds. The van der Waals surface area contributed by atoms with Crippen LogP contribution in [0.1, 0.15) is 0 Å². The molecule has 2 aromatic carbocycles. The summed E-state index contributed by atoms with van der Waals surface area (Å²) in [7, 11) is 1.59. The monoisotopic (exact) mass is 299 g/mol. The summed E-state index contributed by atoms with van der Waals surface area (Å²) in [5.74, 6) is 1.37. The highest BCUT2D eigenvalue weighted by atomic mass is 35.5. The van der Waals surface area contributed by atoms with Crippen molar-refractivity contribution in [2.24, 2.45) is 0 Å². The molecule has 21 heavy (non-hydrogen) atoms. The minimum Gasteiger partial charge on any atom is -0.495 e. The Hall–Kier alpha value is -2.46. The largest absolute Gasteiger partial charge is 0.495 e. The molecule has 0 spiro atoms. The number of ether oxygens (including phenoxy) is 1. The Balaban J connectivity index is 1.90. The molecule has 3 aromatic rings. The number of nitrogens with one attached hydrogen (secondary N) is 1. The Bertz CT molecular complexity index is 740. The fourth-order valence-corrected chi connectivity index (χ4v) is 2.32. The molecule has 1 N–H and O–H groups in total. The van der Waals surface area contributed by atoms with Crippen molar-refractivity contribution in [1.82, 2.24) is 9.55 Å². The first-order valence-corrected chi connectivity index (χ1v) is 6.85. The molecule has 3 rings (SSSR count). The smallest absolute Gasteiger partial charge is 0.212 e. The fourth-order valence-electron chi connectivity index (χ4n) is 2.07. The molecule has 0 unspecified atom stereocenters. The third-order valence-electron chi connectivity index (χ3n) is 3.08. The first kappa shape index (κ1) is 13.5. The molecule has 0 atom stereocenters. The summed E-state index contributed by atoms with van der Waals surface area (Å²) in [6.07, 6.45) is 3.66. The van der Waals surface area contributed by atoms with Gasteiger partial charge in [0.2, 0.25) is 5.95 Å². The Morgan fingerprint density at radius 3 is 2.67 bits per heavy atom. The van der Waals surface area contributed by atoms with Crippen molar-refractivity contribution in [3.05, 3.63) is 65.9 Å². The van der Waals surface area contributed by atoms with Crippen LogP contribution in [0, 0.1) is 0 Å². The molecule has 0 saturated carbocycles. The normalized spacial score (nSPS) is 10.4. The maximum Gasteiger partial charge on any atom is 0.212 e. The summed E-state index contributed by atoms with van der Waals surface area (Å²) in [6.45, 7) is 0. The van der Waals surface area contributed by atoms with Crippen LogP contribution in [0.25, 0.3) is 5.69 Å². The highest BCUT2D eigenvalue weighted by Crippen LogP contribution is 2.28. The van der Waals surface area contributed by atoms with E-state index in [1.807, 2.05) is 59.3 Å². The first-order valence-electron chi connectivity index (χ1n) is 6.47. The van der Waals surface area contributed by atoms with Crippen molar-refractivity contribution in [1.29, 1.82) is 0 Å². The topological polar surface area (TPSA) is 39.1 Å². The van der Waals surface area contributed by atoms with E-state index >= 15 is 0 Å². The molecular formula is C16H14ClN3O. The molecule has 0 saturated heterocycles. The number of rotatable bonds is 4. The van der Waals surface area contributed by atoms with Gasteiger partial charge in [-0.25, -0.2) is 4.98 Å². The third kappa shape index (κ3) is 2.85. The quantitative estimate of drug-likeness (QED) is 0.781. The minimum absolute atomic E-state index is 0.556. The molecule has 0 fully saturated rings. The number of anilines is 2. The van der Waals surface area contributed by atoms with Gasteiger partial charge in [-0.2, -0.15) is 0 Å². The third-order valence-corrected chi connectivity index (χ3v) is 3.38. The first-order chi connectivity index (χ1) is 10.3. The molecule has 0 bridgehead atoms. The highest BCUT2D eigenvalue weighted by Gasteiger charge is 2.07. The average molecular weight is 300 g/mol. The lowest BCUT2D eigenvalue weighted by Crippen LogP contribution is -2.01. The molecule has 0 radical (unpaired) electrons. The fraction of sp³-hybridized carbons (Fsp3) is 0.0625. The predicted molar refractivity (Wildman–Crippen MR) is 84.9 cm³/mol. The Kier molecular flexibility index (Phi) is 3.79. The summed E-state index contributed by atoms with van der Waals surface area (Å²) in [5, 5.41) is 3.81. The van der Waals surface area contributed by atoms with E-state index < -0.39 is 0 Å². The molecule has 0 aliphatic rings. The van der Waals surface area contributed by atoms with Gasteiger partial charge in [-0.1, -0.05) is 29.8 Å². The number of hydrogen-bond acceptors (Lipinski definition) is 3. The van der Waals surface area contributed by atoms with Gasteiger partial charge in [-0.05, 0) is 30.3 Å². The van der Waals surface area contributed by atoms with E-state index in [9.17, 15) is 0 Å². The number of methoxy groups -OCH3 is 1. The van der Waals surface area contributed by atoms with Crippen LogP contribution in [0.4, 0.5) is 11.6 Å². The summed E-state index contributed by atoms with van der Waals surface area (Å²) in [4.78, 5) is 4.34. The van der Waals surface area contributed by atoms with Crippen LogP contribution in [0.3, 0.4) is 0 Å². The number of para-hydroxylation sites is 1. The lowest BCUT2D eigenvalue weighted by atomic mass is 10.3. The van der Waals surface area contributed by atoms with Crippen molar-refractivity contribution in [2.45, 2.75) is 0 Å². The van der Waals surface area contributed by atoms with Crippen molar-refractivity contribution in [3.8, 4) is 11.4 Å². The number of imidazole rings is 1. The molecule has 1 aromatic heterocycles. The molecule has 1 heterocycles. The Morgan fingerprint density at radius 2 is 1.95 bits per heavy atom. The van der Waals surface area contributed by atoms with E-state index in [-0.39, 0.29) is 0 Å². The van der Waals surface area contributed by atoms with Gasteiger partial charge in [0, 0.05) is 23.8 Å². The predicted octanol–water partition coefficient (Wildman–Crippen LogP) is 4.28. The maximum atomic E-state index is 6.13. The van der Waals surface area contributed by atoms with Crippen molar-refractivity contribution in [2.75, 3.05) is 12.4 Å². The van der Waals surface area contributed by atoms with Crippen molar-refractivity contribution < 1.29 is 4.74 Å². The van der Waals surface area contributed by atoms with Gasteiger partial charge in [-0.15, -0.1) is 0 Å². The zero-order valence-corrected chi connectivity index (χ0v) is 12.2. The van der Waals surface area contributed by atoms with Crippen LogP contribution >= 0.6 is 11.6 Å². The van der Waals surface area contributed by atoms with Crippen molar-refractivity contribution in [3.63, 3.8) is 0 Å². The lowest BCUT2D eigenvalue weighted by Gasteiger charge is -2.11. The summed E-state index contributed by atoms with van der Waals surface area (Å²) in [6, 6.07) is 15.5. The van der Waals surface area contributed by atoms with Crippen LogP contribution in [-0.2, 0) is 0 Å². The minimum atomic E-state index is 0.556. The van der Waals surface area contributed by atoms with Crippen LogP contribution in [-0.4, -0.2) is 16.7 Å². The number of benzene rings is 2. The van der Waals surface area contributed by atoms with E-state index in [0.717, 1.165) is 17.3 Å². The summed E-state index contributed by atoms with van der Waals surface area (Å²) >= 11 is 6.13.